The second-order valence-corrected chi connectivity index (χ2v) is 8.27. The number of carboxylic acid groups (broad SMARTS) is 1. The summed E-state index contributed by atoms with van der Waals surface area (Å²) in [6, 6.07) is 8.03. The van der Waals surface area contributed by atoms with Crippen molar-refractivity contribution in [1.82, 2.24) is 14.9 Å². The summed E-state index contributed by atoms with van der Waals surface area (Å²) in [5.74, 6) is -1.57. The molecule has 1 aromatic heterocycles. The molecule has 2 heterocycles. The van der Waals surface area contributed by atoms with E-state index < -0.39 is 5.97 Å². The first-order valence-corrected chi connectivity index (χ1v) is 10.2. The van der Waals surface area contributed by atoms with Gasteiger partial charge >= 0.3 is 5.97 Å². The Morgan fingerprint density at radius 3 is 2.76 bits per heavy atom. The summed E-state index contributed by atoms with van der Waals surface area (Å²) in [4.78, 5) is 33.8. The van der Waals surface area contributed by atoms with E-state index >= 15 is 0 Å². The molecule has 0 unspecified atom stereocenters. The number of benzene rings is 1. The third-order valence-corrected chi connectivity index (χ3v) is 6.56. The van der Waals surface area contributed by atoms with Crippen molar-refractivity contribution in [3.63, 3.8) is 0 Å². The van der Waals surface area contributed by atoms with Crippen LogP contribution in [0.3, 0.4) is 0 Å². The molecule has 152 valence electrons. The second kappa shape index (κ2) is 7.72. The van der Waals surface area contributed by atoms with Crippen LogP contribution in [0.4, 0.5) is 0 Å². The Labute approximate surface area is 173 Å². The predicted molar refractivity (Wildman–Crippen MR) is 108 cm³/mol. The Hall–Kier alpha value is -2.51. The maximum atomic E-state index is 13.0. The lowest BCUT2D eigenvalue weighted by Crippen LogP contribution is -2.50. The zero-order valence-electron chi connectivity index (χ0n) is 16.0. The highest BCUT2D eigenvalue weighted by Gasteiger charge is 2.40. The molecule has 8 heteroatoms. The lowest BCUT2D eigenvalue weighted by molar-refractivity contribution is 0.0567. The van der Waals surface area contributed by atoms with E-state index in [1.165, 1.54) is 6.20 Å². The first-order chi connectivity index (χ1) is 13.9. The highest BCUT2D eigenvalue weighted by molar-refractivity contribution is 6.30. The molecule has 0 saturated heterocycles. The summed E-state index contributed by atoms with van der Waals surface area (Å²) in [5.41, 5.74) is 8.16. The molecule has 2 aromatic rings. The van der Waals surface area contributed by atoms with E-state index in [1.807, 2.05) is 23.1 Å². The second-order valence-electron chi connectivity index (χ2n) is 7.83. The molecule has 3 N–H and O–H groups in total. The third kappa shape index (κ3) is 3.60. The largest absolute Gasteiger partial charge is 0.475 e. The molecule has 0 atom stereocenters. The molecule has 1 aliphatic carbocycles. The predicted octanol–water partition coefficient (Wildman–Crippen LogP) is 2.67. The van der Waals surface area contributed by atoms with E-state index in [-0.39, 0.29) is 23.2 Å². The Morgan fingerprint density at radius 1 is 1.34 bits per heavy atom. The Balaban J connectivity index is 1.50. The molecule has 0 bridgehead atoms. The van der Waals surface area contributed by atoms with Crippen molar-refractivity contribution < 1.29 is 14.7 Å². The van der Waals surface area contributed by atoms with Crippen molar-refractivity contribution in [3.8, 4) is 0 Å². The highest BCUT2D eigenvalue weighted by Crippen LogP contribution is 2.41. The van der Waals surface area contributed by atoms with E-state index in [4.69, 9.17) is 22.4 Å². The van der Waals surface area contributed by atoms with Crippen molar-refractivity contribution in [2.75, 3.05) is 13.1 Å². The van der Waals surface area contributed by atoms with Gasteiger partial charge in [-0.1, -0.05) is 23.7 Å². The number of nitrogens with two attached hydrogens (primary N) is 1. The number of carbonyl (C=O) groups is 2. The normalized spacial score (nSPS) is 24.3. The molecular weight excluding hydrogens is 392 g/mol. The standard InChI is InChI=1S/C21H23ClN4O3/c22-14-3-1-2-13(10-14)21(12-23)7-4-15(5-8-21)26-9-6-17-16(19(26)27)11-24-18(25-17)20(28)29/h1-3,10-11,15H,4-9,12,23H2,(H,28,29). The number of halogens is 1. The van der Waals surface area contributed by atoms with Crippen LogP contribution in [0.2, 0.25) is 5.02 Å². The molecule has 29 heavy (non-hydrogen) atoms. The van der Waals surface area contributed by atoms with Crippen LogP contribution in [0.1, 0.15) is 57.9 Å². The van der Waals surface area contributed by atoms with Crippen molar-refractivity contribution >= 4 is 23.5 Å². The molecule has 1 fully saturated rings. The lowest BCUT2D eigenvalue weighted by atomic mass is 9.68. The maximum absolute atomic E-state index is 13.0. The average molecular weight is 415 g/mol. The van der Waals surface area contributed by atoms with Crippen LogP contribution in [0.5, 0.6) is 0 Å². The summed E-state index contributed by atoms with van der Waals surface area (Å²) < 4.78 is 0. The van der Waals surface area contributed by atoms with Gasteiger partial charge in [0.15, 0.2) is 0 Å². The van der Waals surface area contributed by atoms with Crippen molar-refractivity contribution in [2.45, 2.75) is 43.6 Å². The number of nitrogens with zero attached hydrogens (tertiary/aromatic N) is 3. The number of rotatable bonds is 4. The Bertz CT molecular complexity index is 957. The Kier molecular flexibility index (Phi) is 5.27. The molecule has 1 aromatic carbocycles. The van der Waals surface area contributed by atoms with Gasteiger partial charge in [0, 0.05) is 42.2 Å². The monoisotopic (exact) mass is 414 g/mol. The maximum Gasteiger partial charge on any atom is 0.373 e. The van der Waals surface area contributed by atoms with Gasteiger partial charge in [0.05, 0.1) is 11.3 Å². The van der Waals surface area contributed by atoms with E-state index in [0.29, 0.717) is 35.8 Å². The number of amides is 1. The van der Waals surface area contributed by atoms with Crippen LogP contribution in [0, 0.1) is 0 Å². The quantitative estimate of drug-likeness (QED) is 0.795. The lowest BCUT2D eigenvalue weighted by Gasteiger charge is -2.44. The smallest absolute Gasteiger partial charge is 0.373 e. The van der Waals surface area contributed by atoms with Crippen LogP contribution in [0.25, 0.3) is 0 Å². The number of aromatic nitrogens is 2. The Morgan fingerprint density at radius 2 is 2.10 bits per heavy atom. The summed E-state index contributed by atoms with van der Waals surface area (Å²) in [7, 11) is 0. The van der Waals surface area contributed by atoms with Crippen molar-refractivity contribution in [3.05, 3.63) is 58.1 Å². The van der Waals surface area contributed by atoms with Gasteiger partial charge in [0.2, 0.25) is 5.82 Å². The average Bonchev–Trinajstić information content (AvgIpc) is 2.74. The first-order valence-electron chi connectivity index (χ1n) is 9.80. The molecular formula is C21H23ClN4O3. The van der Waals surface area contributed by atoms with Gasteiger partial charge in [-0.3, -0.25) is 4.79 Å². The summed E-state index contributed by atoms with van der Waals surface area (Å²) in [6.45, 7) is 1.09. The number of hydrogen-bond donors (Lipinski definition) is 2. The van der Waals surface area contributed by atoms with Gasteiger partial charge in [-0.2, -0.15) is 0 Å². The number of hydrogen-bond acceptors (Lipinski definition) is 5. The summed E-state index contributed by atoms with van der Waals surface area (Å²) in [5, 5.41) is 9.76. The molecule has 0 radical (unpaired) electrons. The highest BCUT2D eigenvalue weighted by atomic mass is 35.5. The van der Waals surface area contributed by atoms with E-state index in [9.17, 15) is 9.59 Å². The zero-order chi connectivity index (χ0) is 20.6. The van der Waals surface area contributed by atoms with E-state index in [0.717, 1.165) is 31.2 Å². The first kappa shape index (κ1) is 19.8. The number of aromatic carboxylic acids is 1. The minimum atomic E-state index is -1.19. The number of carbonyl (C=O) groups excluding carboxylic acids is 1. The zero-order valence-corrected chi connectivity index (χ0v) is 16.7. The fraction of sp³-hybridized carbons (Fsp3) is 0.429. The molecule has 4 rings (SSSR count). The molecule has 1 aliphatic heterocycles. The van der Waals surface area contributed by atoms with Gasteiger partial charge in [0.1, 0.15) is 0 Å². The van der Waals surface area contributed by atoms with Crippen molar-refractivity contribution in [1.29, 1.82) is 0 Å². The number of carboxylic acids is 1. The van der Waals surface area contributed by atoms with Crippen LogP contribution in [-0.2, 0) is 11.8 Å². The van der Waals surface area contributed by atoms with Gasteiger partial charge in [-0.15, -0.1) is 0 Å². The molecule has 1 amide bonds. The van der Waals surface area contributed by atoms with Crippen LogP contribution in [-0.4, -0.2) is 51.0 Å². The van der Waals surface area contributed by atoms with Crippen LogP contribution < -0.4 is 5.73 Å². The van der Waals surface area contributed by atoms with Crippen LogP contribution in [0.15, 0.2) is 30.5 Å². The van der Waals surface area contributed by atoms with Gasteiger partial charge < -0.3 is 15.7 Å². The van der Waals surface area contributed by atoms with Gasteiger partial charge in [-0.25, -0.2) is 14.8 Å². The van der Waals surface area contributed by atoms with E-state index in [1.54, 1.807) is 0 Å². The van der Waals surface area contributed by atoms with Gasteiger partial charge in [0.25, 0.3) is 5.91 Å². The molecule has 1 saturated carbocycles. The van der Waals surface area contributed by atoms with E-state index in [2.05, 4.69) is 16.0 Å². The molecule has 0 spiro atoms. The van der Waals surface area contributed by atoms with Gasteiger partial charge in [-0.05, 0) is 43.4 Å². The van der Waals surface area contributed by atoms with Crippen molar-refractivity contribution in [2.24, 2.45) is 5.73 Å². The topological polar surface area (TPSA) is 109 Å². The third-order valence-electron chi connectivity index (χ3n) is 6.32. The fourth-order valence-corrected chi connectivity index (χ4v) is 4.81. The minimum Gasteiger partial charge on any atom is -0.475 e. The molecule has 7 nitrogen and oxygen atoms in total. The van der Waals surface area contributed by atoms with Crippen LogP contribution >= 0.6 is 11.6 Å². The minimum absolute atomic E-state index is 0.113. The summed E-state index contributed by atoms with van der Waals surface area (Å²) >= 11 is 6.19. The number of fused-ring (bicyclic) bond motifs is 1. The fourth-order valence-electron chi connectivity index (χ4n) is 4.62. The molecule has 2 aliphatic rings. The summed E-state index contributed by atoms with van der Waals surface area (Å²) in [6.07, 6.45) is 5.38. The SMILES string of the molecule is NCC1(c2cccc(Cl)c2)CCC(N2CCc3nc(C(=O)O)ncc3C2=O)CC1.